The molecule has 1 aromatic rings. The Kier molecular flexibility index (Phi) is 3.74. The van der Waals surface area contributed by atoms with Crippen molar-refractivity contribution in [1.82, 2.24) is 0 Å². The molecule has 1 saturated carbocycles. The average molecular weight is 322 g/mol. The Morgan fingerprint density at radius 2 is 1.78 bits per heavy atom. The molecule has 0 spiro atoms. The van der Waals surface area contributed by atoms with E-state index in [4.69, 9.17) is 5.73 Å². The van der Waals surface area contributed by atoms with Gasteiger partial charge in [-0.05, 0) is 36.6 Å². The van der Waals surface area contributed by atoms with Crippen molar-refractivity contribution in [3.63, 3.8) is 0 Å². The number of hydrogen-bond acceptors (Lipinski definition) is 1. The fourth-order valence-corrected chi connectivity index (χ4v) is 3.22. The van der Waals surface area contributed by atoms with Gasteiger partial charge in [-0.2, -0.15) is 13.2 Å². The molecule has 1 aliphatic carbocycles. The van der Waals surface area contributed by atoms with Crippen LogP contribution in [0, 0.1) is 0 Å². The van der Waals surface area contributed by atoms with E-state index in [1.54, 1.807) is 6.07 Å². The number of rotatable bonds is 2. The second kappa shape index (κ2) is 4.85. The van der Waals surface area contributed by atoms with Crippen LogP contribution in [-0.2, 0) is 11.6 Å². The Morgan fingerprint density at radius 3 is 2.28 bits per heavy atom. The number of nitrogens with two attached hydrogens (primary N) is 1. The fourth-order valence-electron chi connectivity index (χ4n) is 2.72. The summed E-state index contributed by atoms with van der Waals surface area (Å²) in [6, 6.07) is 4.14. The van der Waals surface area contributed by atoms with Gasteiger partial charge in [0.1, 0.15) is 0 Å². The molecule has 0 heterocycles. The molecule has 100 valence electrons. The Bertz CT molecular complexity index is 436. The normalized spacial score (nSPS) is 19.2. The third kappa shape index (κ3) is 2.57. The van der Waals surface area contributed by atoms with Gasteiger partial charge in [0, 0.05) is 16.4 Å². The summed E-state index contributed by atoms with van der Waals surface area (Å²) in [6.07, 6.45) is -0.502. The molecule has 0 atom stereocenters. The van der Waals surface area contributed by atoms with Gasteiger partial charge in [0.05, 0.1) is 5.56 Å². The smallest absolute Gasteiger partial charge is 0.330 e. The molecular weight excluding hydrogens is 307 g/mol. The molecule has 0 radical (unpaired) electrons. The molecule has 0 saturated heterocycles. The maximum atomic E-state index is 12.8. The molecule has 2 rings (SSSR count). The van der Waals surface area contributed by atoms with Gasteiger partial charge in [-0.25, -0.2) is 0 Å². The van der Waals surface area contributed by atoms with E-state index < -0.39 is 11.7 Å². The zero-order valence-electron chi connectivity index (χ0n) is 9.86. The maximum Gasteiger partial charge on any atom is 0.416 e. The van der Waals surface area contributed by atoms with E-state index in [-0.39, 0.29) is 5.41 Å². The number of halogens is 4. The SMILES string of the molecule is NCC1(c2cc(Br)cc(C(F)(F)F)c2)CCCC1. The molecule has 0 aliphatic heterocycles. The molecule has 0 aromatic heterocycles. The van der Waals surface area contributed by atoms with Crippen LogP contribution in [0.1, 0.15) is 36.8 Å². The summed E-state index contributed by atoms with van der Waals surface area (Å²) in [4.78, 5) is 0. The van der Waals surface area contributed by atoms with Crippen LogP contribution >= 0.6 is 15.9 Å². The summed E-state index contributed by atoms with van der Waals surface area (Å²) in [5.41, 5.74) is 5.65. The third-order valence-electron chi connectivity index (χ3n) is 3.79. The van der Waals surface area contributed by atoms with Crippen molar-refractivity contribution in [2.45, 2.75) is 37.3 Å². The largest absolute Gasteiger partial charge is 0.416 e. The zero-order valence-corrected chi connectivity index (χ0v) is 11.4. The summed E-state index contributed by atoms with van der Waals surface area (Å²) in [6.45, 7) is 0.404. The van der Waals surface area contributed by atoms with Crippen molar-refractivity contribution in [3.05, 3.63) is 33.8 Å². The van der Waals surface area contributed by atoms with Gasteiger partial charge in [0.2, 0.25) is 0 Å². The maximum absolute atomic E-state index is 12.8. The molecule has 1 nitrogen and oxygen atoms in total. The Labute approximate surface area is 113 Å². The lowest BCUT2D eigenvalue weighted by Crippen LogP contribution is -2.32. The quantitative estimate of drug-likeness (QED) is 0.866. The summed E-state index contributed by atoms with van der Waals surface area (Å²) < 4.78 is 38.9. The van der Waals surface area contributed by atoms with Crippen LogP contribution in [0.25, 0.3) is 0 Å². The molecule has 1 aliphatic rings. The lowest BCUT2D eigenvalue weighted by atomic mass is 9.78. The van der Waals surface area contributed by atoms with Crippen LogP contribution in [0.3, 0.4) is 0 Å². The van der Waals surface area contributed by atoms with Crippen molar-refractivity contribution in [2.24, 2.45) is 5.73 Å². The molecule has 0 bridgehead atoms. The first-order valence-electron chi connectivity index (χ1n) is 5.96. The Hall–Kier alpha value is -0.550. The molecule has 2 N–H and O–H groups in total. The van der Waals surface area contributed by atoms with E-state index in [1.165, 1.54) is 6.07 Å². The summed E-state index contributed by atoms with van der Waals surface area (Å²) in [5.74, 6) is 0. The van der Waals surface area contributed by atoms with Gasteiger partial charge < -0.3 is 5.73 Å². The number of benzene rings is 1. The van der Waals surface area contributed by atoms with E-state index in [0.717, 1.165) is 31.7 Å². The fraction of sp³-hybridized carbons (Fsp3) is 0.538. The minimum Gasteiger partial charge on any atom is -0.330 e. The molecule has 1 aromatic carbocycles. The van der Waals surface area contributed by atoms with E-state index >= 15 is 0 Å². The standard InChI is InChI=1S/C13H15BrF3N/c14-11-6-9(5-10(7-11)13(15,16)17)12(8-18)3-1-2-4-12/h5-7H,1-4,8,18H2. The highest BCUT2D eigenvalue weighted by molar-refractivity contribution is 9.10. The van der Waals surface area contributed by atoms with Crippen molar-refractivity contribution in [2.75, 3.05) is 6.54 Å². The zero-order chi connectivity index (χ0) is 13.4. The van der Waals surface area contributed by atoms with Crippen LogP contribution < -0.4 is 5.73 Å². The van der Waals surface area contributed by atoms with Crippen LogP contribution in [0.2, 0.25) is 0 Å². The highest BCUT2D eigenvalue weighted by Crippen LogP contribution is 2.43. The number of alkyl halides is 3. The van der Waals surface area contributed by atoms with E-state index in [9.17, 15) is 13.2 Å². The van der Waals surface area contributed by atoms with Gasteiger partial charge in [-0.3, -0.25) is 0 Å². The third-order valence-corrected chi connectivity index (χ3v) is 4.25. The molecule has 5 heteroatoms. The first-order valence-corrected chi connectivity index (χ1v) is 6.75. The first-order chi connectivity index (χ1) is 8.37. The van der Waals surface area contributed by atoms with E-state index in [0.29, 0.717) is 16.6 Å². The molecule has 0 unspecified atom stereocenters. The van der Waals surface area contributed by atoms with Gasteiger partial charge in [-0.15, -0.1) is 0 Å². The van der Waals surface area contributed by atoms with Gasteiger partial charge in [0.25, 0.3) is 0 Å². The van der Waals surface area contributed by atoms with E-state index in [2.05, 4.69) is 15.9 Å². The van der Waals surface area contributed by atoms with E-state index in [1.807, 2.05) is 0 Å². The summed E-state index contributed by atoms with van der Waals surface area (Å²) in [5, 5.41) is 0. The van der Waals surface area contributed by atoms with Crippen molar-refractivity contribution in [3.8, 4) is 0 Å². The highest BCUT2D eigenvalue weighted by Gasteiger charge is 2.37. The molecular formula is C13H15BrF3N. The van der Waals surface area contributed by atoms with Crippen molar-refractivity contribution in [1.29, 1.82) is 0 Å². The Balaban J connectivity index is 2.48. The lowest BCUT2D eigenvalue weighted by molar-refractivity contribution is -0.137. The minimum absolute atomic E-state index is 0.274. The predicted molar refractivity (Wildman–Crippen MR) is 68.3 cm³/mol. The predicted octanol–water partition coefficient (Wildman–Crippen LogP) is 4.24. The summed E-state index contributed by atoms with van der Waals surface area (Å²) in [7, 11) is 0. The second-order valence-electron chi connectivity index (χ2n) is 4.92. The average Bonchev–Trinajstić information content (AvgIpc) is 2.76. The highest BCUT2D eigenvalue weighted by atomic mass is 79.9. The van der Waals surface area contributed by atoms with Gasteiger partial charge >= 0.3 is 6.18 Å². The topological polar surface area (TPSA) is 26.0 Å². The van der Waals surface area contributed by atoms with Crippen LogP contribution in [0.4, 0.5) is 13.2 Å². The van der Waals surface area contributed by atoms with Crippen LogP contribution in [0.15, 0.2) is 22.7 Å². The molecule has 0 amide bonds. The van der Waals surface area contributed by atoms with Gasteiger partial charge in [-0.1, -0.05) is 28.8 Å². The molecule has 18 heavy (non-hydrogen) atoms. The Morgan fingerprint density at radius 1 is 1.17 bits per heavy atom. The van der Waals surface area contributed by atoms with Gasteiger partial charge in [0.15, 0.2) is 0 Å². The number of hydrogen-bond donors (Lipinski definition) is 1. The summed E-state index contributed by atoms with van der Waals surface area (Å²) >= 11 is 3.17. The lowest BCUT2D eigenvalue weighted by Gasteiger charge is -2.28. The minimum atomic E-state index is -4.31. The monoisotopic (exact) mass is 321 g/mol. The van der Waals surface area contributed by atoms with Crippen LogP contribution in [0.5, 0.6) is 0 Å². The van der Waals surface area contributed by atoms with Crippen LogP contribution in [-0.4, -0.2) is 6.54 Å². The van der Waals surface area contributed by atoms with Crippen molar-refractivity contribution < 1.29 is 13.2 Å². The molecule has 1 fully saturated rings. The second-order valence-corrected chi connectivity index (χ2v) is 5.83. The first kappa shape index (κ1) is 13.9. The van der Waals surface area contributed by atoms with Crippen molar-refractivity contribution >= 4 is 15.9 Å².